The molecule has 104 valence electrons. The zero-order valence-electron chi connectivity index (χ0n) is 9.02. The molecule has 0 atom stereocenters. The summed E-state index contributed by atoms with van der Waals surface area (Å²) in [5.74, 6) is -2.26. The number of aromatic nitrogens is 1. The fourth-order valence-corrected chi connectivity index (χ4v) is 1.74. The minimum Gasteiger partial charge on any atom is -0.464 e. The fraction of sp³-hybridized carbons (Fsp3) is 0.250. The summed E-state index contributed by atoms with van der Waals surface area (Å²) in [6.07, 6.45) is -4.48. The summed E-state index contributed by atoms with van der Waals surface area (Å²) in [6, 6.07) is 0. The van der Waals surface area contributed by atoms with Crippen LogP contribution >= 0.6 is 22.6 Å². The number of hydrogen-bond donors (Lipinski definition) is 0. The van der Waals surface area contributed by atoms with Crippen LogP contribution in [0, 0.1) is 13.7 Å². The van der Waals surface area contributed by atoms with Crippen molar-refractivity contribution in [3.05, 3.63) is 25.6 Å². The van der Waals surface area contributed by atoms with Crippen molar-refractivity contribution in [2.45, 2.75) is 6.36 Å². The van der Waals surface area contributed by atoms with Crippen LogP contribution in [0.2, 0.25) is 0 Å². The lowest BCUT2D eigenvalue weighted by Gasteiger charge is -2.12. The maximum atomic E-state index is 12.2. The third-order valence-electron chi connectivity index (χ3n) is 1.75. The topological polar surface area (TPSA) is 91.6 Å². The Kier molecular flexibility index (Phi) is 4.49. The van der Waals surface area contributed by atoms with Gasteiger partial charge < -0.3 is 9.47 Å². The lowest BCUT2D eigenvalue weighted by molar-refractivity contribution is -0.386. The maximum Gasteiger partial charge on any atom is 0.573 e. The highest BCUT2D eigenvalue weighted by molar-refractivity contribution is 14.1. The zero-order chi connectivity index (χ0) is 14.8. The highest BCUT2D eigenvalue weighted by Crippen LogP contribution is 2.35. The summed E-state index contributed by atoms with van der Waals surface area (Å²) in [4.78, 5) is 24.2. The number of esters is 1. The summed E-state index contributed by atoms with van der Waals surface area (Å²) in [6.45, 7) is 0. The number of carbonyl (C=O) groups excluding carboxylic acids is 1. The predicted molar refractivity (Wildman–Crippen MR) is 61.6 cm³/mol. The second kappa shape index (κ2) is 5.54. The van der Waals surface area contributed by atoms with Crippen LogP contribution in [0.4, 0.5) is 18.9 Å². The van der Waals surface area contributed by atoms with Gasteiger partial charge in [-0.2, -0.15) is 0 Å². The fourth-order valence-electron chi connectivity index (χ4n) is 1.04. The average Bonchev–Trinajstić information content (AvgIpc) is 2.28. The minimum atomic E-state index is -5.13. The van der Waals surface area contributed by atoms with E-state index in [0.717, 1.165) is 7.11 Å². The van der Waals surface area contributed by atoms with Crippen molar-refractivity contribution in [2.75, 3.05) is 7.11 Å². The van der Waals surface area contributed by atoms with Crippen LogP contribution in [-0.2, 0) is 4.74 Å². The van der Waals surface area contributed by atoms with Gasteiger partial charge in [-0.15, -0.1) is 13.2 Å². The Balaban J connectivity index is 3.46. The molecule has 0 aliphatic heterocycles. The van der Waals surface area contributed by atoms with E-state index in [2.05, 4.69) is 14.5 Å². The minimum absolute atomic E-state index is 0.504. The van der Waals surface area contributed by atoms with Crippen LogP contribution in [0.15, 0.2) is 6.20 Å². The zero-order valence-corrected chi connectivity index (χ0v) is 11.2. The van der Waals surface area contributed by atoms with Gasteiger partial charge in [0.25, 0.3) is 0 Å². The van der Waals surface area contributed by atoms with Crippen LogP contribution in [0.25, 0.3) is 0 Å². The van der Waals surface area contributed by atoms with Crippen molar-refractivity contribution in [1.82, 2.24) is 4.98 Å². The molecule has 0 saturated carbocycles. The van der Waals surface area contributed by atoms with Gasteiger partial charge in [0.05, 0.1) is 12.0 Å². The predicted octanol–water partition coefficient (Wildman–Crippen LogP) is 2.28. The highest BCUT2D eigenvalue weighted by atomic mass is 127. The highest BCUT2D eigenvalue weighted by Gasteiger charge is 2.37. The van der Waals surface area contributed by atoms with Gasteiger partial charge in [-0.25, -0.2) is 9.78 Å². The normalized spacial score (nSPS) is 11.0. The van der Waals surface area contributed by atoms with Crippen LogP contribution in [0.5, 0.6) is 5.75 Å². The lowest BCUT2D eigenvalue weighted by atomic mass is 10.3. The van der Waals surface area contributed by atoms with E-state index in [-0.39, 0.29) is 0 Å². The van der Waals surface area contributed by atoms with E-state index in [0.29, 0.717) is 6.20 Å². The van der Waals surface area contributed by atoms with E-state index in [1.54, 1.807) is 0 Å². The van der Waals surface area contributed by atoms with E-state index in [1.165, 1.54) is 22.6 Å². The number of rotatable bonds is 3. The molecule has 1 aromatic heterocycles. The molecule has 0 aliphatic carbocycles. The van der Waals surface area contributed by atoms with Crippen LogP contribution in [0.3, 0.4) is 0 Å². The standard InChI is InChI=1S/C8H4F3IN2O5/c1-18-7(15)5-6(19-8(9,10)11)4(12)3(2-13-5)14(16)17/h2H,1H3. The molecule has 1 rings (SSSR count). The monoisotopic (exact) mass is 392 g/mol. The number of alkyl halides is 3. The molecule has 0 fully saturated rings. The second-order valence-electron chi connectivity index (χ2n) is 2.93. The first-order valence-corrected chi connectivity index (χ1v) is 5.42. The quantitative estimate of drug-likeness (QED) is 0.339. The van der Waals surface area contributed by atoms with Crippen molar-refractivity contribution in [3.8, 4) is 5.75 Å². The van der Waals surface area contributed by atoms with Crippen molar-refractivity contribution < 1.29 is 32.4 Å². The van der Waals surface area contributed by atoms with E-state index >= 15 is 0 Å². The Morgan fingerprint density at radius 1 is 1.53 bits per heavy atom. The van der Waals surface area contributed by atoms with Gasteiger partial charge >= 0.3 is 18.0 Å². The van der Waals surface area contributed by atoms with Gasteiger partial charge in [0.2, 0.25) is 0 Å². The molecule has 0 radical (unpaired) electrons. The lowest BCUT2D eigenvalue weighted by Crippen LogP contribution is -2.21. The largest absolute Gasteiger partial charge is 0.573 e. The summed E-state index contributed by atoms with van der Waals surface area (Å²) in [7, 11) is 0.926. The van der Waals surface area contributed by atoms with Gasteiger partial charge in [-0.1, -0.05) is 0 Å². The summed E-state index contributed by atoms with van der Waals surface area (Å²) in [5, 5.41) is 10.6. The Hall–Kier alpha value is -1.66. The number of methoxy groups -OCH3 is 1. The number of ether oxygens (including phenoxy) is 2. The number of carbonyl (C=O) groups is 1. The van der Waals surface area contributed by atoms with Crippen molar-refractivity contribution in [3.63, 3.8) is 0 Å². The molecular weight excluding hydrogens is 388 g/mol. The van der Waals surface area contributed by atoms with E-state index < -0.39 is 38.0 Å². The Morgan fingerprint density at radius 3 is 2.53 bits per heavy atom. The number of nitro groups is 1. The molecule has 7 nitrogen and oxygen atoms in total. The number of halogens is 4. The van der Waals surface area contributed by atoms with Crippen molar-refractivity contribution in [2.24, 2.45) is 0 Å². The third-order valence-corrected chi connectivity index (χ3v) is 2.79. The smallest absolute Gasteiger partial charge is 0.464 e. The SMILES string of the molecule is COC(=O)c1ncc([N+](=O)[O-])c(I)c1OC(F)(F)F. The van der Waals surface area contributed by atoms with Gasteiger partial charge in [-0.3, -0.25) is 10.1 Å². The molecule has 19 heavy (non-hydrogen) atoms. The molecular formula is C8H4F3IN2O5. The molecule has 1 aromatic rings. The van der Waals surface area contributed by atoms with Crippen molar-refractivity contribution >= 4 is 34.2 Å². The molecule has 0 bridgehead atoms. The first-order chi connectivity index (χ1) is 8.67. The third kappa shape index (κ3) is 3.65. The van der Waals surface area contributed by atoms with Crippen LogP contribution in [-0.4, -0.2) is 29.3 Å². The Morgan fingerprint density at radius 2 is 2.11 bits per heavy atom. The average molecular weight is 392 g/mol. The van der Waals surface area contributed by atoms with Gasteiger partial charge in [0.1, 0.15) is 9.77 Å². The van der Waals surface area contributed by atoms with Gasteiger partial charge in [0, 0.05) is 0 Å². The van der Waals surface area contributed by atoms with Gasteiger partial charge in [0.15, 0.2) is 11.4 Å². The summed E-state index contributed by atoms with van der Waals surface area (Å²) in [5.41, 5.74) is -1.51. The van der Waals surface area contributed by atoms with Crippen molar-refractivity contribution in [1.29, 1.82) is 0 Å². The molecule has 0 unspecified atom stereocenters. The molecule has 0 spiro atoms. The van der Waals surface area contributed by atoms with Crippen LogP contribution in [0.1, 0.15) is 10.5 Å². The molecule has 0 amide bonds. The van der Waals surface area contributed by atoms with E-state index in [1.807, 2.05) is 0 Å². The molecule has 11 heteroatoms. The van der Waals surface area contributed by atoms with E-state index in [9.17, 15) is 28.1 Å². The summed E-state index contributed by atoms with van der Waals surface area (Å²) < 4.78 is 44.0. The van der Waals surface area contributed by atoms with Crippen LogP contribution < -0.4 is 4.74 Å². The maximum absolute atomic E-state index is 12.2. The number of nitrogens with zero attached hydrogens (tertiary/aromatic N) is 2. The first-order valence-electron chi connectivity index (χ1n) is 4.34. The molecule has 0 saturated heterocycles. The second-order valence-corrected chi connectivity index (χ2v) is 4.01. The van der Waals surface area contributed by atoms with Gasteiger partial charge in [-0.05, 0) is 22.6 Å². The number of hydrogen-bond acceptors (Lipinski definition) is 6. The molecule has 0 aliphatic rings. The first kappa shape index (κ1) is 15.4. The molecule has 0 N–H and O–H groups in total. The molecule has 1 heterocycles. The summed E-state index contributed by atoms with van der Waals surface area (Å²) >= 11 is 1.26. The Bertz CT molecular complexity index is 534. The Labute approximate surface area is 117 Å². The number of pyridine rings is 1. The van der Waals surface area contributed by atoms with E-state index in [4.69, 9.17) is 0 Å². The molecule has 0 aromatic carbocycles.